The number of halogens is 4. The third-order valence-corrected chi connectivity index (χ3v) is 5.34. The predicted molar refractivity (Wildman–Crippen MR) is 109 cm³/mol. The summed E-state index contributed by atoms with van der Waals surface area (Å²) in [6.07, 6.45) is 0. The minimum absolute atomic E-state index is 0.133. The van der Waals surface area contributed by atoms with Crippen molar-refractivity contribution >= 4 is 69.9 Å². The number of nitrogens with one attached hydrogen (secondary N) is 2. The van der Waals surface area contributed by atoms with Gasteiger partial charge in [-0.05, 0) is 36.8 Å². The Balaban J connectivity index is 1.78. The lowest BCUT2D eigenvalue weighted by atomic mass is 9.92. The van der Waals surface area contributed by atoms with Crippen LogP contribution in [0.15, 0.2) is 36.4 Å². The number of hydrogen-bond donors (Lipinski definition) is 2. The zero-order valence-corrected chi connectivity index (χ0v) is 17.4. The molecule has 0 aromatic heterocycles. The zero-order chi connectivity index (χ0) is 20.6. The lowest BCUT2D eigenvalue weighted by Gasteiger charge is -2.22. The van der Waals surface area contributed by atoms with Crippen LogP contribution in [-0.2, 0) is 15.1 Å². The van der Waals surface area contributed by atoms with Gasteiger partial charge in [-0.2, -0.15) is 0 Å². The van der Waals surface area contributed by atoms with E-state index in [1.165, 1.54) is 12.1 Å². The van der Waals surface area contributed by atoms with Gasteiger partial charge in [0, 0.05) is 10.0 Å². The van der Waals surface area contributed by atoms with Crippen LogP contribution in [0.3, 0.4) is 0 Å². The molecule has 1 aliphatic rings. The molecular weight excluding hydrogens is 448 g/mol. The first-order valence-electron chi connectivity index (χ1n) is 7.96. The van der Waals surface area contributed by atoms with Crippen LogP contribution in [0.1, 0.15) is 12.5 Å². The van der Waals surface area contributed by atoms with Crippen molar-refractivity contribution in [1.29, 1.82) is 0 Å². The molecule has 0 bridgehead atoms. The number of anilines is 1. The van der Waals surface area contributed by atoms with Crippen molar-refractivity contribution in [2.24, 2.45) is 0 Å². The fourth-order valence-corrected chi connectivity index (χ4v) is 3.84. The molecule has 2 aromatic rings. The van der Waals surface area contributed by atoms with Gasteiger partial charge in [0.05, 0.1) is 15.7 Å². The smallest absolute Gasteiger partial charge is 0.322 e. The second kappa shape index (κ2) is 7.79. The summed E-state index contributed by atoms with van der Waals surface area (Å²) < 4.78 is 0. The van der Waals surface area contributed by atoms with Gasteiger partial charge in [0.1, 0.15) is 12.1 Å². The van der Waals surface area contributed by atoms with Crippen LogP contribution >= 0.6 is 46.4 Å². The van der Waals surface area contributed by atoms with Gasteiger partial charge in [-0.3, -0.25) is 14.5 Å². The van der Waals surface area contributed by atoms with E-state index in [0.717, 1.165) is 4.90 Å². The van der Waals surface area contributed by atoms with E-state index in [1.54, 1.807) is 31.2 Å². The second-order valence-electron chi connectivity index (χ2n) is 6.25. The Morgan fingerprint density at radius 3 is 2.18 bits per heavy atom. The fourth-order valence-electron chi connectivity index (χ4n) is 2.80. The highest BCUT2D eigenvalue weighted by Gasteiger charge is 2.49. The van der Waals surface area contributed by atoms with E-state index in [1.807, 2.05) is 0 Å². The number of nitrogens with zero attached hydrogens (tertiary/aromatic N) is 1. The van der Waals surface area contributed by atoms with Crippen LogP contribution in [-0.4, -0.2) is 29.3 Å². The number of carbonyl (C=O) groups excluding carboxylic acids is 3. The molecule has 0 aliphatic carbocycles. The van der Waals surface area contributed by atoms with Gasteiger partial charge in [-0.15, -0.1) is 0 Å². The first-order valence-corrected chi connectivity index (χ1v) is 9.47. The maximum atomic E-state index is 12.8. The van der Waals surface area contributed by atoms with Gasteiger partial charge in [-0.25, -0.2) is 4.79 Å². The molecule has 2 N–H and O–H groups in total. The summed E-state index contributed by atoms with van der Waals surface area (Å²) in [6, 6.07) is 8.63. The summed E-state index contributed by atoms with van der Waals surface area (Å²) >= 11 is 23.8. The zero-order valence-electron chi connectivity index (χ0n) is 14.4. The molecule has 0 spiro atoms. The van der Waals surface area contributed by atoms with Crippen molar-refractivity contribution in [3.8, 4) is 0 Å². The number of urea groups is 1. The topological polar surface area (TPSA) is 78.5 Å². The standard InChI is InChI=1S/C18H13Cl4N3O3/c1-18(9-2-4-10(19)5-3-9)16(27)25(17(28)24-18)8-14(26)23-15-12(21)6-11(20)7-13(15)22/h2-7H,8H2,1H3,(H,23,26)(H,24,28). The maximum Gasteiger partial charge on any atom is 0.325 e. The highest BCUT2D eigenvalue weighted by molar-refractivity contribution is 6.42. The molecule has 6 nitrogen and oxygen atoms in total. The van der Waals surface area contributed by atoms with E-state index < -0.39 is 29.9 Å². The monoisotopic (exact) mass is 459 g/mol. The van der Waals surface area contributed by atoms with Gasteiger partial charge < -0.3 is 10.6 Å². The maximum absolute atomic E-state index is 12.8. The van der Waals surface area contributed by atoms with Gasteiger partial charge in [0.25, 0.3) is 5.91 Å². The molecule has 0 radical (unpaired) electrons. The molecule has 10 heteroatoms. The van der Waals surface area contributed by atoms with Crippen molar-refractivity contribution in [2.75, 3.05) is 11.9 Å². The van der Waals surface area contributed by atoms with Crippen LogP contribution in [0, 0.1) is 0 Å². The number of hydrogen-bond acceptors (Lipinski definition) is 3. The van der Waals surface area contributed by atoms with Crippen molar-refractivity contribution in [3.63, 3.8) is 0 Å². The van der Waals surface area contributed by atoms with Gasteiger partial charge in [0.2, 0.25) is 5.91 Å². The molecule has 0 saturated carbocycles. The fraction of sp³-hybridized carbons (Fsp3) is 0.167. The van der Waals surface area contributed by atoms with E-state index in [4.69, 9.17) is 46.4 Å². The van der Waals surface area contributed by atoms with Crippen LogP contribution in [0.5, 0.6) is 0 Å². The van der Waals surface area contributed by atoms with E-state index in [2.05, 4.69) is 10.6 Å². The van der Waals surface area contributed by atoms with Gasteiger partial charge in [0.15, 0.2) is 0 Å². The summed E-state index contributed by atoms with van der Waals surface area (Å²) in [5.41, 5.74) is -0.621. The summed E-state index contributed by atoms with van der Waals surface area (Å²) in [6.45, 7) is 1.05. The number of benzene rings is 2. The van der Waals surface area contributed by atoms with Crippen LogP contribution in [0.4, 0.5) is 10.5 Å². The van der Waals surface area contributed by atoms with E-state index in [9.17, 15) is 14.4 Å². The summed E-state index contributed by atoms with van der Waals surface area (Å²) in [5, 5.41) is 6.18. The summed E-state index contributed by atoms with van der Waals surface area (Å²) in [5.74, 6) is -1.21. The van der Waals surface area contributed by atoms with Crippen molar-refractivity contribution in [3.05, 3.63) is 62.1 Å². The largest absolute Gasteiger partial charge is 0.325 e. The summed E-state index contributed by atoms with van der Waals surface area (Å²) in [4.78, 5) is 38.4. The molecule has 4 amide bonds. The highest BCUT2D eigenvalue weighted by atomic mass is 35.5. The molecule has 1 fully saturated rings. The Morgan fingerprint density at radius 1 is 1.04 bits per heavy atom. The first-order chi connectivity index (χ1) is 13.1. The van der Waals surface area contributed by atoms with Gasteiger partial charge >= 0.3 is 6.03 Å². The Labute approximate surface area is 180 Å². The van der Waals surface area contributed by atoms with Crippen molar-refractivity contribution < 1.29 is 14.4 Å². The minimum atomic E-state index is -1.31. The van der Waals surface area contributed by atoms with Gasteiger partial charge in [-0.1, -0.05) is 58.5 Å². The molecule has 1 atom stereocenters. The van der Waals surface area contributed by atoms with Crippen LogP contribution < -0.4 is 10.6 Å². The molecule has 1 unspecified atom stereocenters. The second-order valence-corrected chi connectivity index (χ2v) is 7.93. The molecule has 2 aromatic carbocycles. The minimum Gasteiger partial charge on any atom is -0.322 e. The first kappa shape index (κ1) is 20.7. The van der Waals surface area contributed by atoms with E-state index in [-0.39, 0.29) is 15.7 Å². The Hall–Kier alpha value is -1.99. The number of carbonyl (C=O) groups is 3. The quantitative estimate of drug-likeness (QED) is 0.648. The lowest BCUT2D eigenvalue weighted by Crippen LogP contribution is -2.42. The van der Waals surface area contributed by atoms with E-state index in [0.29, 0.717) is 15.6 Å². The molecule has 3 rings (SSSR count). The average Bonchev–Trinajstić information content (AvgIpc) is 2.83. The SMILES string of the molecule is CC1(c2ccc(Cl)cc2)NC(=O)N(CC(=O)Nc2c(Cl)cc(Cl)cc2Cl)C1=O. The molecule has 28 heavy (non-hydrogen) atoms. The van der Waals surface area contributed by atoms with Crippen LogP contribution in [0.2, 0.25) is 20.1 Å². The third-order valence-electron chi connectivity index (χ3n) is 4.27. The van der Waals surface area contributed by atoms with Crippen molar-refractivity contribution in [1.82, 2.24) is 10.2 Å². The Kier molecular flexibility index (Phi) is 5.77. The Morgan fingerprint density at radius 2 is 1.61 bits per heavy atom. The van der Waals surface area contributed by atoms with Crippen LogP contribution in [0.25, 0.3) is 0 Å². The molecule has 1 heterocycles. The average molecular weight is 461 g/mol. The number of rotatable bonds is 4. The van der Waals surface area contributed by atoms with Crippen molar-refractivity contribution in [2.45, 2.75) is 12.5 Å². The van der Waals surface area contributed by atoms with E-state index >= 15 is 0 Å². The normalized spacial score (nSPS) is 19.0. The molecular formula is C18H13Cl4N3O3. The third kappa shape index (κ3) is 3.91. The molecule has 146 valence electrons. The number of imide groups is 1. The highest BCUT2D eigenvalue weighted by Crippen LogP contribution is 2.34. The Bertz CT molecular complexity index is 958. The summed E-state index contributed by atoms with van der Waals surface area (Å²) in [7, 11) is 0. The predicted octanol–water partition coefficient (Wildman–Crippen LogP) is 4.71. The molecule has 1 aliphatic heterocycles. The lowest BCUT2D eigenvalue weighted by molar-refractivity contribution is -0.133. The molecule has 1 saturated heterocycles. The number of amides is 4.